The summed E-state index contributed by atoms with van der Waals surface area (Å²) in [5.74, 6) is -0.273. The Hall–Kier alpha value is -0.570. The van der Waals surface area contributed by atoms with Gasteiger partial charge in [0, 0.05) is 10.0 Å². The molecule has 0 N–H and O–H groups in total. The number of hydrogen-bond acceptors (Lipinski definition) is 0. The van der Waals surface area contributed by atoms with Gasteiger partial charge in [0.15, 0.2) is 0 Å². The summed E-state index contributed by atoms with van der Waals surface area (Å²) >= 11 is 15.5. The SMILES string of the molecule is Fc1cccc(C(Br)c2cc(Cl)ccc2Cl)c1. The van der Waals surface area contributed by atoms with Crippen LogP contribution in [0.15, 0.2) is 42.5 Å². The van der Waals surface area contributed by atoms with Crippen LogP contribution in [-0.4, -0.2) is 0 Å². The highest BCUT2D eigenvalue weighted by molar-refractivity contribution is 9.09. The quantitative estimate of drug-likeness (QED) is 0.626. The summed E-state index contributed by atoms with van der Waals surface area (Å²) in [4.78, 5) is -0.176. The molecule has 88 valence electrons. The van der Waals surface area contributed by atoms with Crippen LogP contribution in [-0.2, 0) is 0 Å². The first-order valence-electron chi connectivity index (χ1n) is 4.92. The van der Waals surface area contributed by atoms with E-state index in [1.165, 1.54) is 12.1 Å². The van der Waals surface area contributed by atoms with Gasteiger partial charge in [0.25, 0.3) is 0 Å². The summed E-state index contributed by atoms with van der Waals surface area (Å²) in [5.41, 5.74) is 1.62. The normalized spacial score (nSPS) is 12.5. The highest BCUT2D eigenvalue weighted by Crippen LogP contribution is 2.36. The molecule has 4 heteroatoms. The molecule has 0 bridgehead atoms. The number of alkyl halides is 1. The predicted octanol–water partition coefficient (Wildman–Crippen LogP) is 5.62. The number of benzene rings is 2. The smallest absolute Gasteiger partial charge is 0.123 e. The van der Waals surface area contributed by atoms with Crippen LogP contribution < -0.4 is 0 Å². The topological polar surface area (TPSA) is 0 Å². The van der Waals surface area contributed by atoms with Crippen molar-refractivity contribution in [3.05, 3.63) is 69.5 Å². The highest BCUT2D eigenvalue weighted by atomic mass is 79.9. The van der Waals surface area contributed by atoms with Crippen LogP contribution >= 0.6 is 39.1 Å². The number of rotatable bonds is 2. The van der Waals surface area contributed by atoms with Gasteiger partial charge in [-0.2, -0.15) is 0 Å². The van der Waals surface area contributed by atoms with Crippen molar-refractivity contribution in [3.63, 3.8) is 0 Å². The van der Waals surface area contributed by atoms with Crippen molar-refractivity contribution in [2.45, 2.75) is 4.83 Å². The van der Waals surface area contributed by atoms with Crippen molar-refractivity contribution >= 4 is 39.1 Å². The van der Waals surface area contributed by atoms with E-state index in [0.717, 1.165) is 11.1 Å². The lowest BCUT2D eigenvalue weighted by Crippen LogP contribution is -1.94. The zero-order valence-electron chi connectivity index (χ0n) is 8.63. The molecule has 0 aliphatic carbocycles. The van der Waals surface area contributed by atoms with E-state index in [4.69, 9.17) is 23.2 Å². The Balaban J connectivity index is 2.43. The van der Waals surface area contributed by atoms with Crippen LogP contribution in [0.2, 0.25) is 10.0 Å². The fourth-order valence-corrected chi connectivity index (χ4v) is 2.76. The Kier molecular flexibility index (Phi) is 4.08. The third-order valence-electron chi connectivity index (χ3n) is 2.37. The average Bonchev–Trinajstić information content (AvgIpc) is 2.31. The molecule has 0 heterocycles. The Labute approximate surface area is 117 Å². The van der Waals surface area contributed by atoms with E-state index in [9.17, 15) is 4.39 Å². The standard InChI is InChI=1S/C13H8BrCl2F/c14-13(8-2-1-3-10(17)6-8)11-7-9(15)4-5-12(11)16/h1-7,13H. The monoisotopic (exact) mass is 332 g/mol. The lowest BCUT2D eigenvalue weighted by Gasteiger charge is -2.13. The van der Waals surface area contributed by atoms with E-state index >= 15 is 0 Å². The van der Waals surface area contributed by atoms with Crippen LogP contribution in [0, 0.1) is 5.82 Å². The Morgan fingerprint density at radius 3 is 2.53 bits per heavy atom. The first-order valence-corrected chi connectivity index (χ1v) is 6.59. The molecule has 17 heavy (non-hydrogen) atoms. The molecule has 2 aromatic carbocycles. The molecule has 1 unspecified atom stereocenters. The average molecular weight is 334 g/mol. The number of hydrogen-bond donors (Lipinski definition) is 0. The van der Waals surface area contributed by atoms with Gasteiger partial charge in [-0.15, -0.1) is 0 Å². The van der Waals surface area contributed by atoms with Gasteiger partial charge < -0.3 is 0 Å². The van der Waals surface area contributed by atoms with E-state index in [2.05, 4.69) is 15.9 Å². The van der Waals surface area contributed by atoms with Gasteiger partial charge in [-0.25, -0.2) is 4.39 Å². The fraction of sp³-hybridized carbons (Fsp3) is 0.0769. The predicted molar refractivity (Wildman–Crippen MR) is 73.6 cm³/mol. The molecule has 0 nitrogen and oxygen atoms in total. The summed E-state index contributed by atoms with van der Waals surface area (Å²) < 4.78 is 13.1. The fourth-order valence-electron chi connectivity index (χ4n) is 1.55. The van der Waals surface area contributed by atoms with Gasteiger partial charge >= 0.3 is 0 Å². The molecule has 2 aromatic rings. The second-order valence-electron chi connectivity index (χ2n) is 3.58. The molecular weight excluding hydrogens is 326 g/mol. The lowest BCUT2D eigenvalue weighted by molar-refractivity contribution is 0.626. The van der Waals surface area contributed by atoms with Crippen molar-refractivity contribution in [2.75, 3.05) is 0 Å². The van der Waals surface area contributed by atoms with Crippen LogP contribution in [0.4, 0.5) is 4.39 Å². The summed E-state index contributed by atoms with van der Waals surface area (Å²) in [5, 5.41) is 1.20. The van der Waals surface area contributed by atoms with Gasteiger partial charge in [0.1, 0.15) is 5.82 Å². The van der Waals surface area contributed by atoms with E-state index in [0.29, 0.717) is 10.0 Å². The highest BCUT2D eigenvalue weighted by Gasteiger charge is 2.14. The van der Waals surface area contributed by atoms with Crippen molar-refractivity contribution in [3.8, 4) is 0 Å². The van der Waals surface area contributed by atoms with Crippen LogP contribution in [0.5, 0.6) is 0 Å². The minimum Gasteiger partial charge on any atom is -0.207 e. The molecule has 0 radical (unpaired) electrons. The van der Waals surface area contributed by atoms with Crippen molar-refractivity contribution in [1.82, 2.24) is 0 Å². The van der Waals surface area contributed by atoms with Gasteiger partial charge in [-0.05, 0) is 41.5 Å². The van der Waals surface area contributed by atoms with Gasteiger partial charge in [0.05, 0.1) is 4.83 Å². The third kappa shape index (κ3) is 3.01. The minimum absolute atomic E-state index is 0.176. The van der Waals surface area contributed by atoms with Crippen LogP contribution in [0.25, 0.3) is 0 Å². The second kappa shape index (κ2) is 5.38. The number of halogens is 4. The maximum Gasteiger partial charge on any atom is 0.123 e. The molecule has 0 aromatic heterocycles. The minimum atomic E-state index is -0.273. The summed E-state index contributed by atoms with van der Waals surface area (Å²) in [6.07, 6.45) is 0. The molecular formula is C13H8BrCl2F. The maximum absolute atomic E-state index is 13.1. The first-order chi connectivity index (χ1) is 8.08. The summed E-state index contributed by atoms with van der Waals surface area (Å²) in [7, 11) is 0. The molecule has 0 fully saturated rings. The molecule has 2 rings (SSSR count). The van der Waals surface area contributed by atoms with Crippen molar-refractivity contribution < 1.29 is 4.39 Å². The van der Waals surface area contributed by atoms with Crippen LogP contribution in [0.3, 0.4) is 0 Å². The second-order valence-corrected chi connectivity index (χ2v) is 5.34. The molecule has 0 saturated carbocycles. The van der Waals surface area contributed by atoms with Crippen LogP contribution in [0.1, 0.15) is 16.0 Å². The third-order valence-corrected chi connectivity index (χ3v) is 3.97. The summed E-state index contributed by atoms with van der Waals surface area (Å²) in [6.45, 7) is 0. The largest absolute Gasteiger partial charge is 0.207 e. The molecule has 0 saturated heterocycles. The van der Waals surface area contributed by atoms with E-state index < -0.39 is 0 Å². The lowest BCUT2D eigenvalue weighted by atomic mass is 10.0. The zero-order chi connectivity index (χ0) is 12.4. The van der Waals surface area contributed by atoms with E-state index in [1.807, 2.05) is 6.07 Å². The molecule has 0 spiro atoms. The Morgan fingerprint density at radius 2 is 1.82 bits per heavy atom. The van der Waals surface area contributed by atoms with Gasteiger partial charge in [-0.3, -0.25) is 0 Å². The maximum atomic E-state index is 13.1. The molecule has 0 aliphatic heterocycles. The van der Waals surface area contributed by atoms with Crippen molar-refractivity contribution in [2.24, 2.45) is 0 Å². The Bertz CT molecular complexity index is 543. The first kappa shape index (κ1) is 12.9. The molecule has 0 amide bonds. The zero-order valence-corrected chi connectivity index (χ0v) is 11.7. The molecule has 0 aliphatic rings. The van der Waals surface area contributed by atoms with E-state index in [-0.39, 0.29) is 10.6 Å². The van der Waals surface area contributed by atoms with Gasteiger partial charge in [0.2, 0.25) is 0 Å². The Morgan fingerprint density at radius 1 is 1.06 bits per heavy atom. The molecule has 1 atom stereocenters. The van der Waals surface area contributed by atoms with Crippen molar-refractivity contribution in [1.29, 1.82) is 0 Å². The van der Waals surface area contributed by atoms with Gasteiger partial charge in [-0.1, -0.05) is 51.3 Å². The summed E-state index contributed by atoms with van der Waals surface area (Å²) in [6, 6.07) is 11.6. The van der Waals surface area contributed by atoms with E-state index in [1.54, 1.807) is 24.3 Å².